The number of likely N-dealkylation sites (tertiary alicyclic amines) is 1. The van der Waals surface area contributed by atoms with Crippen molar-refractivity contribution in [1.29, 1.82) is 0 Å². The number of ether oxygens (including phenoxy) is 4. The summed E-state index contributed by atoms with van der Waals surface area (Å²) in [5.41, 5.74) is 1.45. The zero-order chi connectivity index (χ0) is 34.2. The number of piperidine rings is 1. The fraction of sp³-hybridized carbons (Fsp3) is 0.343. The molecule has 0 aliphatic carbocycles. The summed E-state index contributed by atoms with van der Waals surface area (Å²) in [6.07, 6.45) is 3.82. The Balaban J connectivity index is 1.32. The first-order chi connectivity index (χ1) is 23.2. The van der Waals surface area contributed by atoms with Crippen molar-refractivity contribution in [3.63, 3.8) is 0 Å². The number of thiophene rings is 1. The lowest BCUT2D eigenvalue weighted by Gasteiger charge is -2.30. The number of benzene rings is 2. The quantitative estimate of drug-likeness (QED) is 0.154. The number of H-pyrrole nitrogens is 1. The Morgan fingerprint density at radius 1 is 1.02 bits per heavy atom. The van der Waals surface area contributed by atoms with Gasteiger partial charge in [0.1, 0.15) is 39.0 Å². The number of aromatic nitrogens is 1. The number of hydrogen-bond donors (Lipinski definition) is 1. The van der Waals surface area contributed by atoms with Gasteiger partial charge in [-0.15, -0.1) is 11.3 Å². The van der Waals surface area contributed by atoms with Crippen molar-refractivity contribution >= 4 is 46.5 Å². The van der Waals surface area contributed by atoms with Crippen LogP contribution in [0.4, 0.5) is 4.39 Å². The zero-order valence-electron chi connectivity index (χ0n) is 26.8. The summed E-state index contributed by atoms with van der Waals surface area (Å²) in [4.78, 5) is 33.0. The number of carbonyl (C=O) groups excluding carboxylic acids is 2. The second-order valence-electron chi connectivity index (χ2n) is 11.4. The van der Waals surface area contributed by atoms with Gasteiger partial charge in [-0.05, 0) is 55.8 Å². The van der Waals surface area contributed by atoms with E-state index in [1.54, 1.807) is 60.9 Å². The fourth-order valence-electron chi connectivity index (χ4n) is 5.47. The normalized spacial score (nSPS) is 15.0. The van der Waals surface area contributed by atoms with Gasteiger partial charge in [-0.25, -0.2) is 19.0 Å². The van der Waals surface area contributed by atoms with Gasteiger partial charge in [0.2, 0.25) is 0 Å². The molecular formula is C35H37Cl2FN3O6S+. The molecule has 9 nitrogen and oxygen atoms in total. The molecule has 2 aromatic carbocycles. The first-order valence-electron chi connectivity index (χ1n) is 15.4. The molecule has 1 saturated heterocycles. The van der Waals surface area contributed by atoms with Crippen LogP contribution >= 0.6 is 34.5 Å². The van der Waals surface area contributed by atoms with Crippen molar-refractivity contribution in [2.45, 2.75) is 44.1 Å². The van der Waals surface area contributed by atoms with E-state index in [-0.39, 0.29) is 24.6 Å². The molecule has 1 aliphatic heterocycles. The third kappa shape index (κ3) is 8.83. The van der Waals surface area contributed by atoms with Gasteiger partial charge < -0.3 is 23.8 Å². The predicted octanol–water partition coefficient (Wildman–Crippen LogP) is 6.63. The van der Waals surface area contributed by atoms with E-state index in [1.165, 1.54) is 31.6 Å². The van der Waals surface area contributed by atoms with Gasteiger partial charge >= 0.3 is 11.9 Å². The van der Waals surface area contributed by atoms with Crippen molar-refractivity contribution in [3.05, 3.63) is 109 Å². The highest BCUT2D eigenvalue weighted by molar-refractivity contribution is 7.13. The molecule has 0 radical (unpaired) electrons. The molecule has 254 valence electrons. The number of aromatic amines is 1. The van der Waals surface area contributed by atoms with Crippen molar-refractivity contribution < 1.29 is 37.9 Å². The van der Waals surface area contributed by atoms with Crippen LogP contribution in [-0.4, -0.2) is 57.3 Å². The molecule has 0 bridgehead atoms. The highest BCUT2D eigenvalue weighted by atomic mass is 35.5. The van der Waals surface area contributed by atoms with Gasteiger partial charge in [0, 0.05) is 42.1 Å². The highest BCUT2D eigenvalue weighted by Gasteiger charge is 2.29. The number of carbonyl (C=O) groups is 2. The first kappa shape index (κ1) is 35.6. The van der Waals surface area contributed by atoms with Crippen LogP contribution in [0.15, 0.2) is 67.0 Å². The fourth-order valence-corrected chi connectivity index (χ4v) is 6.85. The molecule has 3 heterocycles. The predicted molar refractivity (Wildman–Crippen MR) is 181 cm³/mol. The molecule has 2 atom stereocenters. The number of nitrogens with zero attached hydrogens (tertiary/aromatic N) is 1. The van der Waals surface area contributed by atoms with E-state index < -0.39 is 29.9 Å². The van der Waals surface area contributed by atoms with Gasteiger partial charge in [-0.2, -0.15) is 0 Å². The van der Waals surface area contributed by atoms with Crippen LogP contribution in [0.25, 0.3) is 0 Å². The summed E-state index contributed by atoms with van der Waals surface area (Å²) < 4.78 is 37.6. The molecule has 1 aliphatic rings. The second kappa shape index (κ2) is 16.6. The lowest BCUT2D eigenvalue weighted by molar-refractivity contribution is -0.377. The van der Waals surface area contributed by atoms with E-state index in [2.05, 4.69) is 15.2 Å². The molecule has 13 heteroatoms. The summed E-state index contributed by atoms with van der Waals surface area (Å²) in [6.45, 7) is 1.83. The number of esters is 2. The maximum Gasteiger partial charge on any atom is 0.348 e. The van der Waals surface area contributed by atoms with Crippen LogP contribution in [0.1, 0.15) is 56.2 Å². The zero-order valence-corrected chi connectivity index (χ0v) is 29.1. The van der Waals surface area contributed by atoms with E-state index in [0.717, 1.165) is 18.0 Å². The largest absolute Gasteiger partial charge is 0.493 e. The Hall–Kier alpha value is -3.74. The van der Waals surface area contributed by atoms with Crippen molar-refractivity contribution in [1.82, 2.24) is 10.2 Å². The monoisotopic (exact) mass is 716 g/mol. The Morgan fingerprint density at radius 3 is 2.42 bits per heavy atom. The topological polar surface area (TPSA) is 100 Å². The molecule has 0 amide bonds. The minimum Gasteiger partial charge on any atom is -0.493 e. The molecule has 2 N–H and O–H groups in total. The Bertz CT molecular complexity index is 1710. The summed E-state index contributed by atoms with van der Waals surface area (Å²) in [6, 6.07) is 13.8. The van der Waals surface area contributed by atoms with E-state index in [1.807, 2.05) is 7.05 Å². The number of rotatable bonds is 13. The maximum absolute atomic E-state index is 14.9. The number of methoxy groups -OCH3 is 2. The SMILES string of the molecule is COc1ccc([C@H](Cc2c(Cl)c[nH+]cc2Cl)OC(=O)c2ccc(CNC(C(=O)OC3CCN(C)CC3)c3ccccc3F)s2)cc1OC. The number of pyridine rings is 1. The van der Waals surface area contributed by atoms with Gasteiger partial charge in [-0.1, -0.05) is 47.5 Å². The van der Waals surface area contributed by atoms with Crippen LogP contribution in [-0.2, 0) is 27.2 Å². The van der Waals surface area contributed by atoms with Gasteiger partial charge in [0.25, 0.3) is 0 Å². The molecule has 2 aromatic heterocycles. The number of halogens is 3. The maximum atomic E-state index is 14.9. The van der Waals surface area contributed by atoms with Crippen LogP contribution in [0.2, 0.25) is 10.0 Å². The average molecular weight is 718 g/mol. The lowest BCUT2D eigenvalue weighted by Crippen LogP contribution is -2.38. The van der Waals surface area contributed by atoms with E-state index >= 15 is 0 Å². The molecule has 1 unspecified atom stereocenters. The van der Waals surface area contributed by atoms with Gasteiger partial charge in [-0.3, -0.25) is 5.32 Å². The lowest BCUT2D eigenvalue weighted by atomic mass is 10.0. The third-order valence-electron chi connectivity index (χ3n) is 8.16. The van der Waals surface area contributed by atoms with Crippen LogP contribution < -0.4 is 19.8 Å². The Kier molecular flexibility index (Phi) is 12.3. The smallest absolute Gasteiger partial charge is 0.348 e. The molecule has 5 rings (SSSR count). The first-order valence-corrected chi connectivity index (χ1v) is 17.0. The minimum absolute atomic E-state index is 0.185. The average Bonchev–Trinajstić information content (AvgIpc) is 3.57. The van der Waals surface area contributed by atoms with Crippen LogP contribution in [0.3, 0.4) is 0 Å². The summed E-state index contributed by atoms with van der Waals surface area (Å²) in [5, 5.41) is 3.95. The van der Waals surface area contributed by atoms with Gasteiger partial charge in [0.05, 0.1) is 14.2 Å². The number of hydrogen-bond acceptors (Lipinski definition) is 9. The summed E-state index contributed by atoms with van der Waals surface area (Å²) in [5.74, 6) is -0.620. The highest BCUT2D eigenvalue weighted by Crippen LogP contribution is 2.36. The Morgan fingerprint density at radius 2 is 1.73 bits per heavy atom. The van der Waals surface area contributed by atoms with Gasteiger partial charge in [0.15, 0.2) is 23.9 Å². The Labute approximate surface area is 292 Å². The van der Waals surface area contributed by atoms with Crippen molar-refractivity contribution in [2.24, 2.45) is 0 Å². The van der Waals surface area contributed by atoms with E-state index in [0.29, 0.717) is 50.4 Å². The van der Waals surface area contributed by atoms with E-state index in [9.17, 15) is 14.0 Å². The molecule has 0 saturated carbocycles. The summed E-state index contributed by atoms with van der Waals surface area (Å²) >= 11 is 14.1. The van der Waals surface area contributed by atoms with Crippen LogP contribution in [0, 0.1) is 5.82 Å². The molecule has 48 heavy (non-hydrogen) atoms. The van der Waals surface area contributed by atoms with E-state index in [4.69, 9.17) is 42.1 Å². The molecule has 0 spiro atoms. The molecule has 4 aromatic rings. The summed E-state index contributed by atoms with van der Waals surface area (Å²) in [7, 11) is 5.09. The second-order valence-corrected chi connectivity index (χ2v) is 13.4. The molecule has 1 fully saturated rings. The van der Waals surface area contributed by atoms with Crippen molar-refractivity contribution in [2.75, 3.05) is 34.4 Å². The number of nitrogens with one attached hydrogen (secondary N) is 2. The minimum atomic E-state index is -1.03. The molecular weight excluding hydrogens is 680 g/mol. The van der Waals surface area contributed by atoms with Crippen molar-refractivity contribution in [3.8, 4) is 11.5 Å². The standard InChI is InChI=1S/C35H36Cl2FN3O6S/c1-41-14-12-22(13-15-41)46-35(43)33(24-6-4-5-7-28(24)38)40-18-23-9-11-32(48-23)34(42)47-30(17-25-26(36)19-39-20-27(25)37)21-8-10-29(44-2)31(16-21)45-3/h4-11,16,19-20,22,30,33,40H,12-15,17-18H2,1-3H3/p+1/t30-,33?/m0/s1. The third-order valence-corrected chi connectivity index (χ3v) is 9.90. The van der Waals surface area contributed by atoms with Crippen LogP contribution in [0.5, 0.6) is 11.5 Å².